The van der Waals surface area contributed by atoms with Gasteiger partial charge in [0.2, 0.25) is 0 Å². The monoisotopic (exact) mass is 365 g/mol. The molecule has 0 atom stereocenters. The number of hydrogen-bond acceptors (Lipinski definition) is 6. The lowest BCUT2D eigenvalue weighted by molar-refractivity contribution is -0.0489. The average molecular weight is 365 g/mol. The van der Waals surface area contributed by atoms with Gasteiger partial charge >= 0.3 is 6.61 Å². The normalized spacial score (nSPS) is 11.3. The minimum Gasteiger partial charge on any atom is -0.440 e. The van der Waals surface area contributed by atoms with E-state index in [0.717, 1.165) is 0 Å². The van der Waals surface area contributed by atoms with Gasteiger partial charge in [-0.1, -0.05) is 19.0 Å². The van der Waals surface area contributed by atoms with Crippen LogP contribution in [0.3, 0.4) is 0 Å². The Kier molecular flexibility index (Phi) is 4.88. The smallest absolute Gasteiger partial charge is 0.387 e. The minimum atomic E-state index is -3.01. The van der Waals surface area contributed by atoms with E-state index >= 15 is 0 Å². The van der Waals surface area contributed by atoms with Gasteiger partial charge in [-0.25, -0.2) is 4.98 Å². The number of oxazole rings is 1. The van der Waals surface area contributed by atoms with Crippen LogP contribution in [0.15, 0.2) is 21.1 Å². The van der Waals surface area contributed by atoms with Crippen molar-refractivity contribution in [2.24, 2.45) is 0 Å². The highest BCUT2D eigenvalue weighted by Crippen LogP contribution is 2.31. The Morgan fingerprint density at radius 2 is 2.08 bits per heavy atom. The van der Waals surface area contributed by atoms with E-state index in [-0.39, 0.29) is 22.4 Å². The number of nitrogens with one attached hydrogen (secondary N) is 1. The fraction of sp³-hybridized carbons (Fsp3) is 0.353. The summed E-state index contributed by atoms with van der Waals surface area (Å²) in [5.41, 5.74) is 1.33. The first kappa shape index (κ1) is 17.8. The maximum atomic E-state index is 12.7. The lowest BCUT2D eigenvalue weighted by Gasteiger charge is -2.08. The van der Waals surface area contributed by atoms with Crippen molar-refractivity contribution in [3.63, 3.8) is 0 Å². The molecule has 0 spiro atoms. The number of hydrogen-bond donors (Lipinski definition) is 1. The Balaban J connectivity index is 2.03. The highest BCUT2D eigenvalue weighted by Gasteiger charge is 2.22. The SMILES string of the molecule is CCc1nc2c(OC(F)F)ccc(C(=O)Nc3c(C)noc3CC)c2o1. The minimum absolute atomic E-state index is 0.0764. The van der Waals surface area contributed by atoms with Gasteiger partial charge in [-0.3, -0.25) is 4.79 Å². The maximum absolute atomic E-state index is 12.7. The lowest BCUT2D eigenvalue weighted by atomic mass is 10.1. The van der Waals surface area contributed by atoms with E-state index in [0.29, 0.717) is 35.9 Å². The summed E-state index contributed by atoms with van der Waals surface area (Å²) in [6.07, 6.45) is 0.990. The van der Waals surface area contributed by atoms with Crippen molar-refractivity contribution in [1.29, 1.82) is 0 Å². The number of halogens is 2. The fourth-order valence-electron chi connectivity index (χ4n) is 2.55. The molecule has 26 heavy (non-hydrogen) atoms. The van der Waals surface area contributed by atoms with Gasteiger partial charge in [0.25, 0.3) is 5.91 Å². The molecule has 0 bridgehead atoms. The molecule has 2 heterocycles. The van der Waals surface area contributed by atoms with E-state index in [2.05, 4.69) is 20.2 Å². The largest absolute Gasteiger partial charge is 0.440 e. The van der Waals surface area contributed by atoms with Crippen LogP contribution in [-0.2, 0) is 12.8 Å². The first-order valence-corrected chi connectivity index (χ1v) is 8.08. The molecule has 0 unspecified atom stereocenters. The summed E-state index contributed by atoms with van der Waals surface area (Å²) >= 11 is 0. The summed E-state index contributed by atoms with van der Waals surface area (Å²) in [6.45, 7) is 2.36. The zero-order valence-electron chi connectivity index (χ0n) is 14.4. The molecule has 138 valence electrons. The van der Waals surface area contributed by atoms with Crippen LogP contribution in [0.2, 0.25) is 0 Å². The second-order valence-electron chi connectivity index (χ2n) is 5.50. The standard InChI is InChI=1S/C17H17F2N3O4/c1-4-10-13(8(3)22-26-10)21-16(23)9-6-7-11(24-17(18)19)14-15(9)25-12(5-2)20-14/h6-7,17H,4-5H2,1-3H3,(H,21,23). The molecule has 0 radical (unpaired) electrons. The Labute approximate surface area is 147 Å². The van der Waals surface area contributed by atoms with E-state index in [1.807, 2.05) is 6.92 Å². The van der Waals surface area contributed by atoms with Gasteiger partial charge in [-0.2, -0.15) is 8.78 Å². The Morgan fingerprint density at radius 3 is 2.73 bits per heavy atom. The van der Waals surface area contributed by atoms with Gasteiger partial charge in [-0.15, -0.1) is 0 Å². The van der Waals surface area contributed by atoms with Gasteiger partial charge in [0.05, 0.1) is 5.56 Å². The van der Waals surface area contributed by atoms with Crippen molar-refractivity contribution in [2.75, 3.05) is 5.32 Å². The van der Waals surface area contributed by atoms with Gasteiger partial charge in [0.15, 0.2) is 28.5 Å². The van der Waals surface area contributed by atoms with Crippen molar-refractivity contribution in [3.05, 3.63) is 35.0 Å². The highest BCUT2D eigenvalue weighted by atomic mass is 19.3. The summed E-state index contributed by atoms with van der Waals surface area (Å²) in [5.74, 6) is 0.218. The van der Waals surface area contributed by atoms with Crippen LogP contribution in [0.4, 0.5) is 14.5 Å². The number of rotatable bonds is 6. The Hall–Kier alpha value is -2.97. The van der Waals surface area contributed by atoms with Crippen molar-refractivity contribution < 1.29 is 27.3 Å². The first-order valence-electron chi connectivity index (χ1n) is 8.08. The number of benzene rings is 1. The number of anilines is 1. The molecule has 0 aliphatic carbocycles. The molecule has 1 amide bonds. The molecule has 3 aromatic rings. The molecule has 0 aliphatic rings. The predicted octanol–water partition coefficient (Wildman–Crippen LogP) is 4.10. The Bertz CT molecular complexity index is 949. The van der Waals surface area contributed by atoms with Gasteiger partial charge in [0, 0.05) is 12.8 Å². The van der Waals surface area contributed by atoms with Crippen molar-refractivity contribution >= 4 is 22.7 Å². The number of fused-ring (bicyclic) bond motifs is 1. The molecule has 9 heteroatoms. The van der Waals surface area contributed by atoms with Gasteiger partial charge in [0.1, 0.15) is 11.4 Å². The highest BCUT2D eigenvalue weighted by molar-refractivity contribution is 6.12. The van der Waals surface area contributed by atoms with Crippen LogP contribution in [0.1, 0.15) is 41.6 Å². The third-order valence-electron chi connectivity index (χ3n) is 3.81. The fourth-order valence-corrected chi connectivity index (χ4v) is 2.55. The predicted molar refractivity (Wildman–Crippen MR) is 88.6 cm³/mol. The quantitative estimate of drug-likeness (QED) is 0.707. The second kappa shape index (κ2) is 7.11. The number of alkyl halides is 2. The number of carbonyl (C=O) groups is 1. The molecule has 0 saturated heterocycles. The third kappa shape index (κ3) is 3.24. The van der Waals surface area contributed by atoms with Crippen LogP contribution in [0.5, 0.6) is 5.75 Å². The molecule has 1 N–H and O–H groups in total. The number of aryl methyl sites for hydroxylation is 3. The molecule has 2 aromatic heterocycles. The molecule has 0 saturated carbocycles. The van der Waals surface area contributed by atoms with Gasteiger partial charge in [-0.05, 0) is 19.1 Å². The summed E-state index contributed by atoms with van der Waals surface area (Å²) in [7, 11) is 0. The number of nitrogens with zero attached hydrogens (tertiary/aromatic N) is 2. The van der Waals surface area contributed by atoms with Crippen LogP contribution < -0.4 is 10.1 Å². The van der Waals surface area contributed by atoms with Crippen molar-refractivity contribution in [3.8, 4) is 5.75 Å². The number of amides is 1. The summed E-state index contributed by atoms with van der Waals surface area (Å²) < 4.78 is 40.4. The van der Waals surface area contributed by atoms with Gasteiger partial charge < -0.3 is 19.0 Å². The third-order valence-corrected chi connectivity index (χ3v) is 3.81. The van der Waals surface area contributed by atoms with Crippen LogP contribution in [0.25, 0.3) is 11.1 Å². The van der Waals surface area contributed by atoms with E-state index in [9.17, 15) is 13.6 Å². The second-order valence-corrected chi connectivity index (χ2v) is 5.50. The van der Waals surface area contributed by atoms with E-state index in [4.69, 9.17) is 8.94 Å². The van der Waals surface area contributed by atoms with Crippen LogP contribution in [-0.4, -0.2) is 22.7 Å². The Morgan fingerprint density at radius 1 is 1.31 bits per heavy atom. The summed E-state index contributed by atoms with van der Waals surface area (Å²) in [6, 6.07) is 2.63. The van der Waals surface area contributed by atoms with E-state index in [1.54, 1.807) is 13.8 Å². The molecule has 0 aliphatic heterocycles. The summed E-state index contributed by atoms with van der Waals surface area (Å²) in [4.78, 5) is 16.9. The number of aromatic nitrogens is 2. The van der Waals surface area contributed by atoms with Crippen molar-refractivity contribution in [1.82, 2.24) is 10.1 Å². The lowest BCUT2D eigenvalue weighted by Crippen LogP contribution is -2.14. The maximum Gasteiger partial charge on any atom is 0.387 e. The van der Waals surface area contributed by atoms with Crippen molar-refractivity contribution in [2.45, 2.75) is 40.2 Å². The van der Waals surface area contributed by atoms with Crippen LogP contribution >= 0.6 is 0 Å². The molecule has 0 fully saturated rings. The zero-order chi connectivity index (χ0) is 18.8. The molecule has 3 rings (SSSR count). The molecular formula is C17H17F2N3O4. The summed E-state index contributed by atoms with van der Waals surface area (Å²) in [5, 5.41) is 6.57. The number of carbonyl (C=O) groups excluding carboxylic acids is 1. The topological polar surface area (TPSA) is 90.4 Å². The van der Waals surface area contributed by atoms with E-state index in [1.165, 1.54) is 12.1 Å². The molecule has 7 nitrogen and oxygen atoms in total. The first-order chi connectivity index (χ1) is 12.4. The average Bonchev–Trinajstić information content (AvgIpc) is 3.19. The molecular weight excluding hydrogens is 348 g/mol. The number of ether oxygens (including phenoxy) is 1. The zero-order valence-corrected chi connectivity index (χ0v) is 14.4. The van der Waals surface area contributed by atoms with E-state index < -0.39 is 12.5 Å². The van der Waals surface area contributed by atoms with Crippen LogP contribution in [0, 0.1) is 6.92 Å². The molecule has 1 aromatic carbocycles.